The Hall–Kier alpha value is -1.84. The van der Waals surface area contributed by atoms with Crippen LogP contribution in [0.2, 0.25) is 0 Å². The Morgan fingerprint density at radius 2 is 1.78 bits per heavy atom. The van der Waals surface area contributed by atoms with Gasteiger partial charge in [0.1, 0.15) is 0 Å². The van der Waals surface area contributed by atoms with Gasteiger partial charge in [-0.2, -0.15) is 0 Å². The van der Waals surface area contributed by atoms with E-state index in [4.69, 9.17) is 0 Å². The Morgan fingerprint density at radius 3 is 2.35 bits per heavy atom. The highest BCUT2D eigenvalue weighted by Crippen LogP contribution is 2.24. The molecule has 1 atom stereocenters. The predicted molar refractivity (Wildman–Crippen MR) is 93.5 cm³/mol. The lowest BCUT2D eigenvalue weighted by atomic mass is 9.99. The van der Waals surface area contributed by atoms with E-state index in [9.17, 15) is 9.59 Å². The Balaban J connectivity index is 2.17. The van der Waals surface area contributed by atoms with Gasteiger partial charge in [-0.1, -0.05) is 39.0 Å². The average molecular weight is 316 g/mol. The molecule has 1 N–H and O–H groups in total. The number of rotatable bonds is 4. The number of nitrogens with zero attached hydrogens (tertiary/aromatic N) is 1. The molecule has 4 nitrogen and oxygen atoms in total. The quantitative estimate of drug-likeness (QED) is 0.864. The Kier molecular flexibility index (Phi) is 6.20. The molecule has 1 saturated heterocycles. The lowest BCUT2D eigenvalue weighted by Crippen LogP contribution is -2.48. The van der Waals surface area contributed by atoms with Crippen molar-refractivity contribution in [3.05, 3.63) is 29.3 Å². The second kappa shape index (κ2) is 8.14. The number of hydrogen-bond donors (Lipinski definition) is 1. The molecule has 0 aliphatic carbocycles. The molecule has 0 bridgehead atoms. The van der Waals surface area contributed by atoms with Gasteiger partial charge >= 0.3 is 11.8 Å². The highest BCUT2D eigenvalue weighted by molar-refractivity contribution is 6.39. The zero-order valence-electron chi connectivity index (χ0n) is 14.5. The van der Waals surface area contributed by atoms with Crippen LogP contribution in [0, 0.1) is 0 Å². The first-order valence-corrected chi connectivity index (χ1v) is 8.85. The average Bonchev–Trinajstić information content (AvgIpc) is 2.60. The van der Waals surface area contributed by atoms with Crippen LogP contribution >= 0.6 is 0 Å². The standard InChI is InChI=1S/C19H28N2O2/c1-4-14-10-9-11-15(5-2)17(14)20-18(22)19(23)21-13-8-7-12-16(21)6-3/h9-11,16H,4-8,12-13H2,1-3H3,(H,20,22). The Bertz CT molecular complexity index is 546. The fourth-order valence-corrected chi connectivity index (χ4v) is 3.39. The summed E-state index contributed by atoms with van der Waals surface area (Å²) in [5.74, 6) is -0.884. The SMILES string of the molecule is CCc1cccc(CC)c1NC(=O)C(=O)N1CCCCC1CC. The van der Waals surface area contributed by atoms with E-state index in [0.29, 0.717) is 6.54 Å². The Labute approximate surface area is 139 Å². The van der Waals surface area contributed by atoms with Crippen molar-refractivity contribution in [1.82, 2.24) is 4.90 Å². The highest BCUT2D eigenvalue weighted by atomic mass is 16.2. The van der Waals surface area contributed by atoms with Gasteiger partial charge in [-0.3, -0.25) is 9.59 Å². The summed E-state index contributed by atoms with van der Waals surface area (Å²) >= 11 is 0. The molecule has 1 heterocycles. The van der Waals surface area contributed by atoms with Gasteiger partial charge in [0.05, 0.1) is 0 Å². The van der Waals surface area contributed by atoms with Crippen LogP contribution in [0.25, 0.3) is 0 Å². The summed E-state index contributed by atoms with van der Waals surface area (Å²) in [6.07, 6.45) is 5.70. The minimum atomic E-state index is -0.499. The van der Waals surface area contributed by atoms with Crippen LogP contribution in [-0.4, -0.2) is 29.3 Å². The zero-order chi connectivity index (χ0) is 16.8. The molecule has 0 aromatic heterocycles. The number of para-hydroxylation sites is 1. The maximum Gasteiger partial charge on any atom is 0.313 e. The highest BCUT2D eigenvalue weighted by Gasteiger charge is 2.30. The third-order valence-corrected chi connectivity index (χ3v) is 4.79. The van der Waals surface area contributed by atoms with Gasteiger partial charge in [-0.15, -0.1) is 0 Å². The first-order valence-electron chi connectivity index (χ1n) is 8.85. The maximum absolute atomic E-state index is 12.6. The number of aryl methyl sites for hydroxylation is 2. The second-order valence-corrected chi connectivity index (χ2v) is 6.17. The van der Waals surface area contributed by atoms with Crippen molar-refractivity contribution in [2.24, 2.45) is 0 Å². The van der Waals surface area contributed by atoms with Crippen LogP contribution in [-0.2, 0) is 22.4 Å². The summed E-state index contributed by atoms with van der Waals surface area (Å²) in [5.41, 5.74) is 2.98. The van der Waals surface area contributed by atoms with Gasteiger partial charge in [0.2, 0.25) is 0 Å². The van der Waals surface area contributed by atoms with Crippen LogP contribution in [0.3, 0.4) is 0 Å². The number of hydrogen-bond acceptors (Lipinski definition) is 2. The van der Waals surface area contributed by atoms with Crippen LogP contribution in [0.1, 0.15) is 57.6 Å². The summed E-state index contributed by atoms with van der Waals surface area (Å²) < 4.78 is 0. The molecule has 1 aliphatic heterocycles. The predicted octanol–water partition coefficient (Wildman–Crippen LogP) is 3.54. The van der Waals surface area contributed by atoms with Crippen molar-refractivity contribution >= 4 is 17.5 Å². The second-order valence-electron chi connectivity index (χ2n) is 6.17. The van der Waals surface area contributed by atoms with E-state index < -0.39 is 5.91 Å². The molecule has 1 aromatic carbocycles. The minimum absolute atomic E-state index is 0.203. The number of nitrogens with one attached hydrogen (secondary N) is 1. The van der Waals surface area contributed by atoms with Crippen molar-refractivity contribution in [3.63, 3.8) is 0 Å². The molecule has 4 heteroatoms. The van der Waals surface area contributed by atoms with Crippen LogP contribution in [0.5, 0.6) is 0 Å². The van der Waals surface area contributed by atoms with Gasteiger partial charge in [-0.25, -0.2) is 0 Å². The lowest BCUT2D eigenvalue weighted by Gasteiger charge is -2.34. The smallest absolute Gasteiger partial charge is 0.313 e. The lowest BCUT2D eigenvalue weighted by molar-refractivity contribution is -0.145. The molecule has 2 amide bonds. The van der Waals surface area contributed by atoms with E-state index in [1.54, 1.807) is 4.90 Å². The molecule has 1 aromatic rings. The van der Waals surface area contributed by atoms with Gasteiger partial charge in [0.15, 0.2) is 0 Å². The van der Waals surface area contributed by atoms with E-state index in [0.717, 1.165) is 55.3 Å². The summed E-state index contributed by atoms with van der Waals surface area (Å²) in [5, 5.41) is 2.89. The number of benzene rings is 1. The van der Waals surface area contributed by atoms with Crippen molar-refractivity contribution in [2.45, 2.75) is 65.3 Å². The topological polar surface area (TPSA) is 49.4 Å². The molecular weight excluding hydrogens is 288 g/mol. The Morgan fingerprint density at radius 1 is 1.13 bits per heavy atom. The normalized spacial score (nSPS) is 17.9. The number of amides is 2. The van der Waals surface area contributed by atoms with Gasteiger partial charge in [0, 0.05) is 18.3 Å². The van der Waals surface area contributed by atoms with E-state index in [-0.39, 0.29) is 11.9 Å². The first kappa shape index (κ1) is 17.5. The molecule has 0 radical (unpaired) electrons. The molecule has 126 valence electrons. The third-order valence-electron chi connectivity index (χ3n) is 4.79. The van der Waals surface area contributed by atoms with Gasteiger partial charge in [0.25, 0.3) is 0 Å². The molecule has 0 saturated carbocycles. The minimum Gasteiger partial charge on any atom is -0.331 e. The number of anilines is 1. The van der Waals surface area contributed by atoms with Crippen LogP contribution < -0.4 is 5.32 Å². The maximum atomic E-state index is 12.6. The van der Waals surface area contributed by atoms with Crippen LogP contribution in [0.4, 0.5) is 5.69 Å². The molecular formula is C19H28N2O2. The zero-order valence-corrected chi connectivity index (χ0v) is 14.5. The molecule has 1 fully saturated rings. The molecule has 1 aliphatic rings. The molecule has 2 rings (SSSR count). The van der Waals surface area contributed by atoms with Crippen molar-refractivity contribution in [1.29, 1.82) is 0 Å². The molecule has 0 spiro atoms. The fraction of sp³-hybridized carbons (Fsp3) is 0.579. The number of piperidine rings is 1. The van der Waals surface area contributed by atoms with E-state index in [1.165, 1.54) is 0 Å². The number of carbonyl (C=O) groups excluding carboxylic acids is 2. The number of likely N-dealkylation sites (tertiary alicyclic amines) is 1. The van der Waals surface area contributed by atoms with Gasteiger partial charge in [-0.05, 0) is 49.7 Å². The third kappa shape index (κ3) is 3.92. The van der Waals surface area contributed by atoms with Gasteiger partial charge < -0.3 is 10.2 Å². The van der Waals surface area contributed by atoms with Crippen molar-refractivity contribution in [3.8, 4) is 0 Å². The van der Waals surface area contributed by atoms with E-state index in [1.807, 2.05) is 18.2 Å². The first-order chi connectivity index (χ1) is 11.1. The molecule has 1 unspecified atom stereocenters. The largest absolute Gasteiger partial charge is 0.331 e. The monoisotopic (exact) mass is 316 g/mol. The summed E-state index contributed by atoms with van der Waals surface area (Å²) in [6, 6.07) is 6.23. The van der Waals surface area contributed by atoms with Crippen molar-refractivity contribution in [2.75, 3.05) is 11.9 Å². The summed E-state index contributed by atoms with van der Waals surface area (Å²) in [4.78, 5) is 26.9. The number of carbonyl (C=O) groups is 2. The summed E-state index contributed by atoms with van der Waals surface area (Å²) in [7, 11) is 0. The van der Waals surface area contributed by atoms with Crippen molar-refractivity contribution < 1.29 is 9.59 Å². The fourth-order valence-electron chi connectivity index (χ4n) is 3.39. The van der Waals surface area contributed by atoms with E-state index >= 15 is 0 Å². The van der Waals surface area contributed by atoms with Crippen LogP contribution in [0.15, 0.2) is 18.2 Å². The van der Waals surface area contributed by atoms with E-state index in [2.05, 4.69) is 26.1 Å². The molecule has 23 heavy (non-hydrogen) atoms. The summed E-state index contributed by atoms with van der Waals surface area (Å²) in [6.45, 7) is 6.89.